The van der Waals surface area contributed by atoms with Crippen LogP contribution in [0.3, 0.4) is 0 Å². The lowest BCUT2D eigenvalue weighted by Crippen LogP contribution is -2.60. The number of hydrogen-bond acceptors (Lipinski definition) is 14. The van der Waals surface area contributed by atoms with Crippen molar-refractivity contribution in [3.63, 3.8) is 0 Å². The predicted octanol–water partition coefficient (Wildman–Crippen LogP) is 10.3. The Bertz CT molecular complexity index is 2310. The monoisotopic (exact) mass is 1230 g/mol. The number of alkyl halides is 2. The summed E-state index contributed by atoms with van der Waals surface area (Å²) in [5.41, 5.74) is -4.58. The minimum atomic E-state index is -2.58. The van der Waals surface area contributed by atoms with Gasteiger partial charge in [-0.05, 0) is 144 Å². The molecule has 0 unspecified atom stereocenters. The van der Waals surface area contributed by atoms with Gasteiger partial charge in [0.25, 0.3) is 0 Å². The van der Waals surface area contributed by atoms with Gasteiger partial charge in [-0.3, -0.25) is 9.59 Å². The number of aliphatic hydroxyl groups is 5. The number of halogens is 2. The maximum absolute atomic E-state index is 14.7. The number of nitrogens with zero attached hydrogens (tertiary/aromatic N) is 2. The zero-order chi connectivity index (χ0) is 63.4. The Morgan fingerprint density at radius 1 is 0.767 bits per heavy atom. The van der Waals surface area contributed by atoms with E-state index in [1.165, 1.54) is 24.6 Å². The lowest BCUT2D eigenvalue weighted by atomic mass is 9.77. The fourth-order valence-corrected chi connectivity index (χ4v) is 20.2. The Morgan fingerprint density at radius 2 is 1.31 bits per heavy atom. The standard InChI is InChI=1S/C68H112F2N2O13P/c1-14-55-67(10,79)60(75)49(6)72(56(73)35-29-21-19-17-15-16-18-20-22-30-40-86(51-31-25-23-26-32-51,52-33-27-24-28-34-52)53-36-38-68(69,70)39-37-53)44-45(2)42-65(8,78)62(85-64-58(74)54(71(11)12)41-46(3)81-64)47(4)59(48(5)63(77)83-55)84-57-43-66(9,80-13)61(76)50(7)82-57/h23-28,31-34,45-50,53-55,57-62,64,74-76,78-79H,14-22,29-30,35-44H2,1-13H3/q+1/t45-,46-,47+,48-,49-,50+,54+,55-,57+,58-,59+,60-,61+,62-,64+,65-,66-,67-/m1/s1. The van der Waals surface area contributed by atoms with Gasteiger partial charge < -0.3 is 63.8 Å². The smallest absolute Gasteiger partial charge is 0.311 e. The number of carbonyl (C=O) groups is 2. The molecule has 2 aromatic rings. The van der Waals surface area contributed by atoms with Gasteiger partial charge in [0, 0.05) is 51.3 Å². The average molecular weight is 1230 g/mol. The molecule has 0 aromatic heterocycles. The van der Waals surface area contributed by atoms with Crippen LogP contribution in [-0.4, -0.2) is 183 Å². The first-order valence-electron chi connectivity index (χ1n) is 32.7. The number of unbranched alkanes of at least 4 members (excludes halogenated alkanes) is 9. The second-order valence-corrected chi connectivity index (χ2v) is 31.4. The first kappa shape index (κ1) is 72.3. The second kappa shape index (κ2) is 32.0. The molecule has 15 nitrogen and oxygen atoms in total. The van der Waals surface area contributed by atoms with Crippen molar-refractivity contribution in [2.75, 3.05) is 33.9 Å². The summed E-state index contributed by atoms with van der Waals surface area (Å²) >= 11 is 0. The van der Waals surface area contributed by atoms with Gasteiger partial charge >= 0.3 is 5.97 Å². The molecule has 1 amide bonds. The molecule has 490 valence electrons. The third-order valence-electron chi connectivity index (χ3n) is 20.1. The lowest BCUT2D eigenvalue weighted by Gasteiger charge is -2.48. The van der Waals surface area contributed by atoms with Gasteiger partial charge in [0.15, 0.2) is 12.6 Å². The van der Waals surface area contributed by atoms with Crippen molar-refractivity contribution >= 4 is 29.7 Å². The SMILES string of the molecule is CC[C@H]1OC(=O)[C@H](C)[C@@H](O[C@H]2C[C@@](C)(OC)[C@@H](O)[C@H](C)O2)[C@H](C)[C@@H](O[C@@H]2O[C@H](C)C[C@H](N(C)C)[C@H]2O)[C@](C)(O)C[C@@H](C)CN(C(=O)CCCCCCCCCCCC[P+](c2ccccc2)(c2ccccc2)C2CCC(F)(F)CC2)[C@H](C)[C@@H](O)[C@]1(C)O. The van der Waals surface area contributed by atoms with E-state index >= 15 is 0 Å². The van der Waals surface area contributed by atoms with Crippen LogP contribution in [0.25, 0.3) is 0 Å². The van der Waals surface area contributed by atoms with Gasteiger partial charge in [0.2, 0.25) is 11.8 Å². The molecule has 0 spiro atoms. The summed E-state index contributed by atoms with van der Waals surface area (Å²) in [6.45, 7) is 17.3. The molecule has 6 rings (SSSR count). The number of likely N-dealkylation sites (N-methyl/N-ethyl adjacent to an activating group) is 1. The molecular weight excluding hydrogens is 1120 g/mol. The van der Waals surface area contributed by atoms with Crippen molar-refractivity contribution in [3.05, 3.63) is 60.7 Å². The maximum Gasteiger partial charge on any atom is 0.311 e. The molecule has 3 aliphatic heterocycles. The van der Waals surface area contributed by atoms with Gasteiger partial charge in [0.1, 0.15) is 30.0 Å². The summed E-state index contributed by atoms with van der Waals surface area (Å²) in [5, 5.41) is 63.2. The quantitative estimate of drug-likeness (QED) is 0.0400. The third kappa shape index (κ3) is 18.0. The van der Waals surface area contributed by atoms with E-state index in [0.29, 0.717) is 25.7 Å². The number of benzene rings is 2. The summed E-state index contributed by atoms with van der Waals surface area (Å²) in [6.07, 6.45) is 2.68. The first-order chi connectivity index (χ1) is 40.5. The number of amides is 1. The summed E-state index contributed by atoms with van der Waals surface area (Å²) < 4.78 is 67.3. The van der Waals surface area contributed by atoms with Crippen LogP contribution in [0.15, 0.2) is 60.7 Å². The van der Waals surface area contributed by atoms with Crippen molar-refractivity contribution in [2.45, 2.75) is 293 Å². The van der Waals surface area contributed by atoms with E-state index in [9.17, 15) is 43.9 Å². The number of cyclic esters (lactones) is 1. The van der Waals surface area contributed by atoms with Crippen LogP contribution < -0.4 is 10.6 Å². The zero-order valence-corrected chi connectivity index (χ0v) is 55.4. The summed E-state index contributed by atoms with van der Waals surface area (Å²) in [6, 6.07) is 20.2. The highest BCUT2D eigenvalue weighted by Gasteiger charge is 2.55. The Hall–Kier alpha value is -2.77. The van der Waals surface area contributed by atoms with Crippen molar-refractivity contribution in [2.24, 2.45) is 17.8 Å². The van der Waals surface area contributed by atoms with Gasteiger partial charge in [-0.2, -0.15) is 0 Å². The van der Waals surface area contributed by atoms with E-state index in [1.54, 1.807) is 53.4 Å². The van der Waals surface area contributed by atoms with Crippen LogP contribution in [0.2, 0.25) is 0 Å². The fraction of sp³-hybridized carbons (Fsp3) is 0.794. The molecule has 3 heterocycles. The molecule has 0 radical (unpaired) electrons. The molecular formula is C68H112F2N2O13P+. The van der Waals surface area contributed by atoms with Crippen LogP contribution in [0.1, 0.15) is 191 Å². The van der Waals surface area contributed by atoms with E-state index in [2.05, 4.69) is 48.5 Å². The van der Waals surface area contributed by atoms with Gasteiger partial charge in [-0.1, -0.05) is 102 Å². The highest BCUT2D eigenvalue weighted by molar-refractivity contribution is 7.90. The Morgan fingerprint density at radius 3 is 1.85 bits per heavy atom. The molecule has 5 N–H and O–H groups in total. The van der Waals surface area contributed by atoms with Crippen molar-refractivity contribution in [1.82, 2.24) is 9.80 Å². The first-order valence-corrected chi connectivity index (χ1v) is 34.8. The summed E-state index contributed by atoms with van der Waals surface area (Å²) in [5.74, 6) is -5.92. The highest BCUT2D eigenvalue weighted by atomic mass is 31.2. The van der Waals surface area contributed by atoms with Crippen LogP contribution >= 0.6 is 7.26 Å². The number of esters is 1. The molecule has 4 aliphatic rings. The molecule has 1 saturated carbocycles. The van der Waals surface area contributed by atoms with Crippen LogP contribution in [-0.2, 0) is 38.0 Å². The maximum atomic E-state index is 14.7. The molecule has 18 heteroatoms. The number of ether oxygens (including phenoxy) is 6. The molecule has 2 aromatic carbocycles. The van der Waals surface area contributed by atoms with Gasteiger partial charge in [-0.25, -0.2) is 8.78 Å². The minimum Gasteiger partial charge on any atom is -0.459 e. The number of carbonyl (C=O) groups excluding carboxylic acids is 2. The average Bonchev–Trinajstić information content (AvgIpc) is 1.000. The van der Waals surface area contributed by atoms with Crippen molar-refractivity contribution in [3.8, 4) is 0 Å². The van der Waals surface area contributed by atoms with Crippen molar-refractivity contribution < 1.29 is 72.3 Å². The van der Waals surface area contributed by atoms with E-state index < -0.39 is 115 Å². The summed E-state index contributed by atoms with van der Waals surface area (Å²) in [4.78, 5) is 32.8. The van der Waals surface area contributed by atoms with E-state index in [4.69, 9.17) is 28.4 Å². The molecule has 3 saturated heterocycles. The molecule has 86 heavy (non-hydrogen) atoms. The van der Waals surface area contributed by atoms with Crippen LogP contribution in [0.5, 0.6) is 0 Å². The Balaban J connectivity index is 1.12. The third-order valence-corrected chi connectivity index (χ3v) is 25.4. The number of methoxy groups -OCH3 is 1. The molecule has 18 atom stereocenters. The van der Waals surface area contributed by atoms with E-state index in [0.717, 1.165) is 63.9 Å². The number of aliphatic hydroxyl groups excluding tert-OH is 3. The minimum absolute atomic E-state index is 0.0355. The molecule has 4 fully saturated rings. The van der Waals surface area contributed by atoms with Crippen molar-refractivity contribution in [1.29, 1.82) is 0 Å². The van der Waals surface area contributed by atoms with Crippen LogP contribution in [0, 0.1) is 17.8 Å². The highest BCUT2D eigenvalue weighted by Crippen LogP contribution is 2.65. The van der Waals surface area contributed by atoms with Gasteiger partial charge in [0.05, 0.1) is 77.3 Å². The second-order valence-electron chi connectivity index (χ2n) is 27.4. The molecule has 1 aliphatic carbocycles. The predicted molar refractivity (Wildman–Crippen MR) is 335 cm³/mol. The topological polar surface area (TPSA) is 197 Å². The van der Waals surface area contributed by atoms with Gasteiger partial charge in [-0.15, -0.1) is 0 Å². The largest absolute Gasteiger partial charge is 0.459 e. The van der Waals surface area contributed by atoms with E-state index in [1.807, 2.05) is 45.0 Å². The number of hydrogen-bond donors (Lipinski definition) is 5. The molecule has 0 bridgehead atoms. The van der Waals surface area contributed by atoms with Crippen LogP contribution in [0.4, 0.5) is 8.78 Å². The number of rotatable bonds is 23. The lowest BCUT2D eigenvalue weighted by molar-refractivity contribution is -0.318. The Labute approximate surface area is 515 Å². The van der Waals surface area contributed by atoms with E-state index in [-0.39, 0.29) is 68.8 Å². The Kier molecular flexibility index (Phi) is 26.9. The fourth-order valence-electron chi connectivity index (χ4n) is 14.9. The summed E-state index contributed by atoms with van der Waals surface area (Å²) in [7, 11) is 3.30. The zero-order valence-electron chi connectivity index (χ0n) is 54.5. The normalized spacial score (nSPS) is 36.5.